The third-order valence-corrected chi connectivity index (χ3v) is 9.95. The SMILES string of the molecule is Cc1cc(-c2nc(CC(=O)c3cnc(N4CCN(CCC(=O)O)CC4)cn3)sc2CN2CCC[C@H]2C)sc1C. The van der Waals surface area contributed by atoms with E-state index in [-0.39, 0.29) is 18.6 Å². The highest BCUT2D eigenvalue weighted by atomic mass is 32.1. The summed E-state index contributed by atoms with van der Waals surface area (Å²) in [4.78, 5) is 48.5. The first kappa shape index (κ1) is 27.8. The first-order valence-electron chi connectivity index (χ1n) is 13.6. The molecule has 0 spiro atoms. The first-order chi connectivity index (χ1) is 18.8. The molecule has 0 aromatic carbocycles. The van der Waals surface area contributed by atoms with Gasteiger partial charge in [0.1, 0.15) is 16.5 Å². The van der Waals surface area contributed by atoms with Crippen LogP contribution in [0.5, 0.6) is 0 Å². The lowest BCUT2D eigenvalue weighted by Gasteiger charge is -2.34. The Kier molecular flexibility index (Phi) is 8.70. The number of ketones is 1. The number of carbonyl (C=O) groups excluding carboxylic acids is 1. The molecule has 0 radical (unpaired) electrons. The molecule has 2 fully saturated rings. The maximum Gasteiger partial charge on any atom is 0.304 e. The molecule has 2 aliphatic rings. The van der Waals surface area contributed by atoms with Gasteiger partial charge in [0.05, 0.1) is 35.8 Å². The number of piperazine rings is 1. The van der Waals surface area contributed by atoms with Crippen LogP contribution in [0.15, 0.2) is 18.5 Å². The topological polar surface area (TPSA) is 103 Å². The highest BCUT2D eigenvalue weighted by molar-refractivity contribution is 7.16. The zero-order valence-corrected chi connectivity index (χ0v) is 24.5. The van der Waals surface area contributed by atoms with Crippen molar-refractivity contribution in [2.24, 2.45) is 0 Å². The van der Waals surface area contributed by atoms with E-state index in [1.807, 2.05) is 0 Å². The maximum atomic E-state index is 13.2. The number of aliphatic carboxylic acids is 1. The number of carbonyl (C=O) groups is 2. The van der Waals surface area contributed by atoms with Crippen LogP contribution in [0, 0.1) is 13.8 Å². The molecule has 1 atom stereocenters. The summed E-state index contributed by atoms with van der Waals surface area (Å²) in [6, 6.07) is 2.78. The smallest absolute Gasteiger partial charge is 0.304 e. The van der Waals surface area contributed by atoms with Crippen molar-refractivity contribution in [3.05, 3.63) is 44.5 Å². The molecule has 208 valence electrons. The number of carboxylic acid groups (broad SMARTS) is 1. The van der Waals surface area contributed by atoms with E-state index in [0.717, 1.165) is 55.8 Å². The predicted molar refractivity (Wildman–Crippen MR) is 155 cm³/mol. The van der Waals surface area contributed by atoms with E-state index in [4.69, 9.17) is 10.1 Å². The Morgan fingerprint density at radius 2 is 1.87 bits per heavy atom. The lowest BCUT2D eigenvalue weighted by Crippen LogP contribution is -2.47. The van der Waals surface area contributed by atoms with E-state index < -0.39 is 5.97 Å². The molecule has 0 aliphatic carbocycles. The molecule has 5 rings (SSSR count). The van der Waals surface area contributed by atoms with Gasteiger partial charge in [-0.25, -0.2) is 15.0 Å². The van der Waals surface area contributed by atoms with Crippen molar-refractivity contribution in [1.29, 1.82) is 0 Å². The van der Waals surface area contributed by atoms with E-state index in [0.29, 0.717) is 18.3 Å². The third kappa shape index (κ3) is 6.71. The van der Waals surface area contributed by atoms with E-state index >= 15 is 0 Å². The molecule has 3 aromatic rings. The summed E-state index contributed by atoms with van der Waals surface area (Å²) in [5.41, 5.74) is 2.65. The second-order valence-electron chi connectivity index (χ2n) is 10.5. The number of thiophene rings is 1. The number of hydrogen-bond donors (Lipinski definition) is 1. The monoisotopic (exact) mass is 568 g/mol. The van der Waals surface area contributed by atoms with Gasteiger partial charge in [0.2, 0.25) is 0 Å². The minimum atomic E-state index is -0.772. The van der Waals surface area contributed by atoms with Crippen molar-refractivity contribution in [1.82, 2.24) is 24.8 Å². The van der Waals surface area contributed by atoms with Gasteiger partial charge in [-0.1, -0.05) is 0 Å². The minimum Gasteiger partial charge on any atom is -0.481 e. The van der Waals surface area contributed by atoms with Gasteiger partial charge in [-0.2, -0.15) is 0 Å². The zero-order chi connectivity index (χ0) is 27.5. The summed E-state index contributed by atoms with van der Waals surface area (Å²) in [6.45, 7) is 12.2. The molecule has 0 unspecified atom stereocenters. The average molecular weight is 569 g/mol. The van der Waals surface area contributed by atoms with Gasteiger partial charge in [-0.05, 0) is 51.8 Å². The summed E-state index contributed by atoms with van der Waals surface area (Å²) in [5.74, 6) is -0.106. The Hall–Kier alpha value is -2.73. The largest absolute Gasteiger partial charge is 0.481 e. The molecule has 3 aromatic heterocycles. The normalized spacial score (nSPS) is 18.6. The van der Waals surface area contributed by atoms with Crippen LogP contribution in [0.2, 0.25) is 0 Å². The van der Waals surface area contributed by atoms with Gasteiger partial charge < -0.3 is 10.0 Å². The Bertz CT molecular complexity index is 1290. The molecule has 0 bridgehead atoms. The molecular weight excluding hydrogens is 532 g/mol. The van der Waals surface area contributed by atoms with Crippen LogP contribution in [0.25, 0.3) is 10.6 Å². The Balaban J connectivity index is 1.25. The number of thiazole rings is 1. The Morgan fingerprint density at radius 3 is 2.49 bits per heavy atom. The van der Waals surface area contributed by atoms with Crippen molar-refractivity contribution < 1.29 is 14.7 Å². The highest BCUT2D eigenvalue weighted by Gasteiger charge is 2.25. The number of Topliss-reactive ketones (excluding diaryl/α,β-unsaturated/α-hetero) is 1. The molecule has 5 heterocycles. The van der Waals surface area contributed by atoms with Gasteiger partial charge in [-0.3, -0.25) is 19.4 Å². The number of rotatable bonds is 10. The number of anilines is 1. The summed E-state index contributed by atoms with van der Waals surface area (Å²) in [5, 5.41) is 9.72. The van der Waals surface area contributed by atoms with Crippen LogP contribution in [-0.4, -0.2) is 86.9 Å². The molecule has 11 heteroatoms. The fraction of sp³-hybridized carbons (Fsp3) is 0.536. The summed E-state index contributed by atoms with van der Waals surface area (Å²) in [7, 11) is 0. The van der Waals surface area contributed by atoms with Crippen LogP contribution in [0.1, 0.15) is 57.0 Å². The van der Waals surface area contributed by atoms with Crippen LogP contribution in [0.4, 0.5) is 5.82 Å². The van der Waals surface area contributed by atoms with E-state index in [1.54, 1.807) is 35.1 Å². The standard InChI is InChI=1S/C28H36N6O3S2/c1-18-13-23(38-20(18)3)28-24(17-34-7-4-5-19(34)2)39-26(31-28)14-22(35)21-15-30-25(16-29-21)33-11-9-32(10-12-33)8-6-27(36)37/h13,15-16,19H,4-12,14,17H2,1-3H3,(H,36,37)/t19-/m1/s1. The van der Waals surface area contributed by atoms with Crippen molar-refractivity contribution in [2.75, 3.05) is 44.2 Å². The first-order valence-corrected chi connectivity index (χ1v) is 15.2. The van der Waals surface area contributed by atoms with Crippen LogP contribution in [-0.2, 0) is 17.8 Å². The van der Waals surface area contributed by atoms with Gasteiger partial charge in [-0.15, -0.1) is 22.7 Å². The Morgan fingerprint density at radius 1 is 1.08 bits per heavy atom. The number of nitrogens with zero attached hydrogens (tertiary/aromatic N) is 6. The zero-order valence-electron chi connectivity index (χ0n) is 22.9. The van der Waals surface area contributed by atoms with E-state index in [1.165, 1.54) is 33.0 Å². The lowest BCUT2D eigenvalue weighted by atomic mass is 10.2. The maximum absolute atomic E-state index is 13.2. The van der Waals surface area contributed by atoms with Crippen LogP contribution in [0.3, 0.4) is 0 Å². The molecule has 39 heavy (non-hydrogen) atoms. The molecule has 2 aliphatic heterocycles. The van der Waals surface area contributed by atoms with Gasteiger partial charge in [0.25, 0.3) is 0 Å². The molecule has 9 nitrogen and oxygen atoms in total. The third-order valence-electron chi connectivity index (χ3n) is 7.75. The molecular formula is C28H36N6O3S2. The second-order valence-corrected chi connectivity index (χ2v) is 12.9. The summed E-state index contributed by atoms with van der Waals surface area (Å²) < 4.78 is 0. The van der Waals surface area contributed by atoms with E-state index in [9.17, 15) is 9.59 Å². The van der Waals surface area contributed by atoms with Gasteiger partial charge in [0.15, 0.2) is 5.78 Å². The highest BCUT2D eigenvalue weighted by Crippen LogP contribution is 2.37. The number of aromatic nitrogens is 3. The number of likely N-dealkylation sites (tertiary alicyclic amines) is 1. The van der Waals surface area contributed by atoms with Crippen molar-refractivity contribution in [2.45, 2.75) is 59.0 Å². The van der Waals surface area contributed by atoms with E-state index in [2.05, 4.69) is 51.5 Å². The van der Waals surface area contributed by atoms with Gasteiger partial charge >= 0.3 is 5.97 Å². The fourth-order valence-electron chi connectivity index (χ4n) is 5.19. The average Bonchev–Trinajstić information content (AvgIpc) is 3.62. The second kappa shape index (κ2) is 12.2. The number of carboxylic acids is 1. The Labute approximate surface area is 237 Å². The van der Waals surface area contributed by atoms with Crippen LogP contribution < -0.4 is 4.90 Å². The predicted octanol–water partition coefficient (Wildman–Crippen LogP) is 4.28. The molecule has 0 saturated carbocycles. The fourth-order valence-corrected chi connectivity index (χ4v) is 7.41. The molecule has 0 amide bonds. The summed E-state index contributed by atoms with van der Waals surface area (Å²) >= 11 is 3.42. The van der Waals surface area contributed by atoms with Crippen molar-refractivity contribution in [3.63, 3.8) is 0 Å². The van der Waals surface area contributed by atoms with Crippen molar-refractivity contribution >= 4 is 40.2 Å². The minimum absolute atomic E-state index is 0.0764. The lowest BCUT2D eigenvalue weighted by molar-refractivity contribution is -0.137. The number of hydrogen-bond acceptors (Lipinski definition) is 10. The molecule has 2 saturated heterocycles. The van der Waals surface area contributed by atoms with Crippen molar-refractivity contribution in [3.8, 4) is 10.6 Å². The van der Waals surface area contributed by atoms with Crippen LogP contribution >= 0.6 is 22.7 Å². The quantitative estimate of drug-likeness (QED) is 0.359. The number of aryl methyl sites for hydroxylation is 2. The summed E-state index contributed by atoms with van der Waals surface area (Å²) in [6.07, 6.45) is 6.07. The molecule has 1 N–H and O–H groups in total. The van der Waals surface area contributed by atoms with Gasteiger partial charge in [0, 0.05) is 55.1 Å².